The Hall–Kier alpha value is -7.88. The molecule has 0 aliphatic rings. The number of furan rings is 1. The summed E-state index contributed by atoms with van der Waals surface area (Å²) in [5.41, 5.74) is 13.2. The van der Waals surface area contributed by atoms with E-state index >= 15 is 0 Å². The van der Waals surface area contributed by atoms with Gasteiger partial charge in [0, 0.05) is 55.2 Å². The molecule has 0 aliphatic carbocycles. The Morgan fingerprint density at radius 1 is 0.356 bits per heavy atom. The zero-order chi connectivity index (χ0) is 38.9. The first kappa shape index (κ1) is 33.3. The minimum Gasteiger partial charge on any atom is -0.455 e. The zero-order valence-electron chi connectivity index (χ0n) is 32.1. The summed E-state index contributed by atoms with van der Waals surface area (Å²) < 4.78 is 8.85. The third-order valence-electron chi connectivity index (χ3n) is 12.0. The average Bonchev–Trinajstić information content (AvgIpc) is 3.86. The molecule has 0 saturated heterocycles. The second-order valence-corrected chi connectivity index (χ2v) is 15.3. The number of rotatable bonds is 6. The molecule has 2 heterocycles. The van der Waals surface area contributed by atoms with Crippen LogP contribution < -0.4 is 4.90 Å². The van der Waals surface area contributed by atoms with Gasteiger partial charge in [0.1, 0.15) is 11.2 Å². The van der Waals surface area contributed by atoms with Crippen molar-refractivity contribution in [2.45, 2.75) is 0 Å². The van der Waals surface area contributed by atoms with Crippen LogP contribution in [0.3, 0.4) is 0 Å². The van der Waals surface area contributed by atoms with Gasteiger partial charge in [-0.05, 0) is 93.5 Å². The summed E-state index contributed by atoms with van der Waals surface area (Å²) in [6.45, 7) is 0. The molecule has 12 aromatic rings. The van der Waals surface area contributed by atoms with Crippen molar-refractivity contribution < 1.29 is 4.42 Å². The van der Waals surface area contributed by atoms with E-state index in [4.69, 9.17) is 4.42 Å². The summed E-state index contributed by atoms with van der Waals surface area (Å²) >= 11 is 0. The third-order valence-corrected chi connectivity index (χ3v) is 12.0. The van der Waals surface area contributed by atoms with Crippen LogP contribution in [0.2, 0.25) is 0 Å². The number of aromatic nitrogens is 1. The highest BCUT2D eigenvalue weighted by Crippen LogP contribution is 2.42. The minimum absolute atomic E-state index is 0.907. The number of hydrogen-bond donors (Lipinski definition) is 0. The lowest BCUT2D eigenvalue weighted by atomic mass is 10.0. The molecule has 3 heteroatoms. The monoisotopic (exact) mass is 752 g/mol. The summed E-state index contributed by atoms with van der Waals surface area (Å²) in [7, 11) is 0. The van der Waals surface area contributed by atoms with Crippen molar-refractivity contribution in [1.29, 1.82) is 0 Å². The van der Waals surface area contributed by atoms with Crippen LogP contribution in [0.4, 0.5) is 17.1 Å². The van der Waals surface area contributed by atoms with Crippen molar-refractivity contribution in [1.82, 2.24) is 4.57 Å². The lowest BCUT2D eigenvalue weighted by Crippen LogP contribution is -2.09. The second kappa shape index (κ2) is 13.4. The van der Waals surface area contributed by atoms with Crippen molar-refractivity contribution >= 4 is 82.4 Å². The second-order valence-electron chi connectivity index (χ2n) is 15.3. The van der Waals surface area contributed by atoms with Crippen molar-refractivity contribution in [2.75, 3.05) is 4.90 Å². The molecule has 0 bridgehead atoms. The quantitative estimate of drug-likeness (QED) is 0.169. The van der Waals surface area contributed by atoms with Gasteiger partial charge in [0.15, 0.2) is 0 Å². The largest absolute Gasteiger partial charge is 0.455 e. The maximum absolute atomic E-state index is 6.42. The normalized spacial score (nSPS) is 11.7. The molecule has 3 nitrogen and oxygen atoms in total. The van der Waals surface area contributed by atoms with Crippen LogP contribution in [0.15, 0.2) is 223 Å². The third kappa shape index (κ3) is 5.44. The highest BCUT2D eigenvalue weighted by atomic mass is 16.3. The fraction of sp³-hybridized carbons (Fsp3) is 0. The van der Waals surface area contributed by atoms with Gasteiger partial charge < -0.3 is 13.9 Å². The maximum Gasteiger partial charge on any atom is 0.143 e. The van der Waals surface area contributed by atoms with Crippen LogP contribution in [0.1, 0.15) is 0 Å². The lowest BCUT2D eigenvalue weighted by molar-refractivity contribution is 0.670. The highest BCUT2D eigenvalue weighted by Gasteiger charge is 2.18. The van der Waals surface area contributed by atoms with Crippen LogP contribution in [0.25, 0.3) is 93.2 Å². The number of benzene rings is 10. The molecule has 0 spiro atoms. The molecule has 2 aromatic heterocycles. The number of fused-ring (bicyclic) bond motifs is 9. The Labute approximate surface area is 341 Å². The summed E-state index contributed by atoms with van der Waals surface area (Å²) in [6, 6.07) is 78.7. The summed E-state index contributed by atoms with van der Waals surface area (Å²) in [4.78, 5) is 2.35. The predicted molar refractivity (Wildman–Crippen MR) is 249 cm³/mol. The fourth-order valence-electron chi connectivity index (χ4n) is 9.13. The number of para-hydroxylation sites is 3. The molecular formula is C56H36N2O. The van der Waals surface area contributed by atoms with E-state index in [-0.39, 0.29) is 0 Å². The smallest absolute Gasteiger partial charge is 0.143 e. The topological polar surface area (TPSA) is 21.3 Å². The van der Waals surface area contributed by atoms with Gasteiger partial charge in [-0.25, -0.2) is 0 Å². The first-order valence-electron chi connectivity index (χ1n) is 20.2. The van der Waals surface area contributed by atoms with Crippen LogP contribution >= 0.6 is 0 Å². The number of hydrogen-bond acceptors (Lipinski definition) is 2. The zero-order valence-corrected chi connectivity index (χ0v) is 32.1. The van der Waals surface area contributed by atoms with Crippen LogP contribution in [0.5, 0.6) is 0 Å². The predicted octanol–water partition coefficient (Wildman–Crippen LogP) is 15.8. The number of nitrogens with zero attached hydrogens (tertiary/aromatic N) is 2. The molecule has 0 amide bonds. The van der Waals surface area contributed by atoms with Crippen molar-refractivity contribution in [3.8, 4) is 27.9 Å². The molecule has 0 radical (unpaired) electrons. The molecule has 10 aromatic carbocycles. The molecule has 0 aliphatic heterocycles. The van der Waals surface area contributed by atoms with E-state index in [0.717, 1.165) is 61.4 Å². The molecule has 0 unspecified atom stereocenters. The van der Waals surface area contributed by atoms with Gasteiger partial charge in [0.25, 0.3) is 0 Å². The standard InChI is InChI=1S/C56H36N2O/c1-2-14-43(15-3-1)58-53-36-42(27-33-49(53)51-34-26-39-12-6-7-16-47(39)55(51)58)38-21-28-44(29-22-38)57(46-32-23-37-11-4-5-13-41(37)35-46)45-30-24-40(25-31-45)48-18-10-19-52-50-17-8-9-20-54(50)59-56(48)52/h1-36H. The molecule has 0 atom stereocenters. The Morgan fingerprint density at radius 2 is 0.966 bits per heavy atom. The van der Waals surface area contributed by atoms with Crippen LogP contribution in [-0.4, -0.2) is 4.57 Å². The lowest BCUT2D eigenvalue weighted by Gasteiger charge is -2.26. The van der Waals surface area contributed by atoms with Crippen molar-refractivity contribution in [3.63, 3.8) is 0 Å². The van der Waals surface area contributed by atoms with Gasteiger partial charge in [-0.3, -0.25) is 0 Å². The fourth-order valence-corrected chi connectivity index (χ4v) is 9.13. The average molecular weight is 753 g/mol. The van der Waals surface area contributed by atoms with E-state index in [1.807, 2.05) is 12.1 Å². The molecule has 0 fully saturated rings. The number of anilines is 3. The first-order chi connectivity index (χ1) is 29.2. The summed E-state index contributed by atoms with van der Waals surface area (Å²) in [6.07, 6.45) is 0. The van der Waals surface area contributed by atoms with E-state index in [1.165, 1.54) is 48.9 Å². The Balaban J connectivity index is 0.967. The minimum atomic E-state index is 0.907. The Morgan fingerprint density at radius 3 is 1.78 bits per heavy atom. The highest BCUT2D eigenvalue weighted by molar-refractivity contribution is 6.19. The van der Waals surface area contributed by atoms with E-state index < -0.39 is 0 Å². The first-order valence-corrected chi connectivity index (χ1v) is 20.2. The molecule has 276 valence electrons. The molecule has 12 rings (SSSR count). The van der Waals surface area contributed by atoms with Crippen LogP contribution in [-0.2, 0) is 0 Å². The van der Waals surface area contributed by atoms with E-state index in [9.17, 15) is 0 Å². The summed E-state index contributed by atoms with van der Waals surface area (Å²) in [5, 5.41) is 9.70. The Kier molecular flexibility index (Phi) is 7.54. The molecule has 0 N–H and O–H groups in total. The molecule has 59 heavy (non-hydrogen) atoms. The molecule has 0 saturated carbocycles. The Bertz CT molecular complexity index is 3540. The van der Waals surface area contributed by atoms with Gasteiger partial charge in [0.05, 0.1) is 11.0 Å². The van der Waals surface area contributed by atoms with Gasteiger partial charge in [-0.1, -0.05) is 158 Å². The van der Waals surface area contributed by atoms with Gasteiger partial charge >= 0.3 is 0 Å². The van der Waals surface area contributed by atoms with Crippen LogP contribution in [0, 0.1) is 0 Å². The van der Waals surface area contributed by atoms with Gasteiger partial charge in [-0.2, -0.15) is 0 Å². The van der Waals surface area contributed by atoms with E-state index in [2.05, 4.69) is 216 Å². The van der Waals surface area contributed by atoms with E-state index in [0.29, 0.717) is 0 Å². The van der Waals surface area contributed by atoms with Gasteiger partial charge in [0.2, 0.25) is 0 Å². The van der Waals surface area contributed by atoms with Crippen molar-refractivity contribution in [2.24, 2.45) is 0 Å². The maximum atomic E-state index is 6.42. The van der Waals surface area contributed by atoms with Gasteiger partial charge in [-0.15, -0.1) is 0 Å². The molecular weight excluding hydrogens is 717 g/mol. The summed E-state index contributed by atoms with van der Waals surface area (Å²) in [5.74, 6) is 0. The van der Waals surface area contributed by atoms with E-state index in [1.54, 1.807) is 0 Å². The SMILES string of the molecule is c1ccc(-n2c3cc(-c4ccc(N(c5ccc(-c6cccc7c6oc6ccccc67)cc5)c5ccc6ccccc6c5)cc4)ccc3c3ccc4ccccc4c32)cc1. The van der Waals surface area contributed by atoms with Crippen molar-refractivity contribution in [3.05, 3.63) is 218 Å².